The number of benzene rings is 1. The molecule has 3 fully saturated rings. The predicted molar refractivity (Wildman–Crippen MR) is 74.5 cm³/mol. The van der Waals surface area contributed by atoms with E-state index >= 15 is 0 Å². The van der Waals surface area contributed by atoms with E-state index in [4.69, 9.17) is 4.74 Å². The van der Waals surface area contributed by atoms with Crippen molar-refractivity contribution in [1.29, 1.82) is 0 Å². The number of anilines is 1. The van der Waals surface area contributed by atoms with Gasteiger partial charge in [0, 0.05) is 18.7 Å². The van der Waals surface area contributed by atoms with Crippen LogP contribution in [0.5, 0.6) is 5.75 Å². The molecule has 1 aromatic rings. The summed E-state index contributed by atoms with van der Waals surface area (Å²) in [5.74, 6) is 0.128. The molecule has 8 heteroatoms. The Morgan fingerprint density at radius 2 is 2.00 bits per heavy atom. The highest BCUT2D eigenvalue weighted by molar-refractivity contribution is 5.95. The number of epoxide rings is 1. The van der Waals surface area contributed by atoms with Crippen molar-refractivity contribution in [3.05, 3.63) is 24.3 Å². The van der Waals surface area contributed by atoms with E-state index in [1.807, 2.05) is 4.90 Å². The molecule has 1 aromatic carbocycles. The van der Waals surface area contributed by atoms with Crippen molar-refractivity contribution in [3.8, 4) is 5.75 Å². The molecule has 1 spiro atoms. The summed E-state index contributed by atoms with van der Waals surface area (Å²) in [6.07, 6.45) is -3.52. The molecule has 4 rings (SSSR count). The van der Waals surface area contributed by atoms with Gasteiger partial charge in [-0.25, -0.2) is 4.79 Å². The number of carbonyl (C=O) groups excluding carboxylic acids is 1. The van der Waals surface area contributed by atoms with Crippen molar-refractivity contribution in [2.45, 2.75) is 24.2 Å². The van der Waals surface area contributed by atoms with Crippen LogP contribution in [0, 0.1) is 0 Å². The molecule has 0 aromatic heterocycles. The maximum absolute atomic E-state index is 12.5. The Labute approximate surface area is 130 Å². The van der Waals surface area contributed by atoms with E-state index < -0.39 is 12.8 Å². The van der Waals surface area contributed by atoms with Gasteiger partial charge in [-0.05, 0) is 24.3 Å². The molecule has 3 aliphatic heterocycles. The Hall–Kier alpha value is -1.96. The average molecular weight is 328 g/mol. The molecule has 0 saturated carbocycles. The summed E-state index contributed by atoms with van der Waals surface area (Å²) in [6.45, 7) is 0.595. The molecule has 2 amide bonds. The lowest BCUT2D eigenvalue weighted by Crippen LogP contribution is -2.34. The van der Waals surface area contributed by atoms with Crippen LogP contribution < -0.4 is 9.64 Å². The number of rotatable bonds is 3. The molecule has 0 bridgehead atoms. The van der Waals surface area contributed by atoms with Crippen molar-refractivity contribution in [1.82, 2.24) is 4.90 Å². The number of alkyl halides is 3. The molecule has 5 nitrogen and oxygen atoms in total. The number of ether oxygens (including phenoxy) is 2. The first-order chi connectivity index (χ1) is 10.9. The summed E-state index contributed by atoms with van der Waals surface area (Å²) in [7, 11) is 0. The van der Waals surface area contributed by atoms with Gasteiger partial charge in [-0.15, -0.1) is 0 Å². The van der Waals surface area contributed by atoms with Gasteiger partial charge in [0.25, 0.3) is 0 Å². The minimum absolute atomic E-state index is 0.0775. The fraction of sp³-hybridized carbons (Fsp3) is 0.533. The lowest BCUT2D eigenvalue weighted by Gasteiger charge is -2.18. The molecule has 2 unspecified atom stereocenters. The van der Waals surface area contributed by atoms with Gasteiger partial charge in [0.05, 0.1) is 19.2 Å². The van der Waals surface area contributed by atoms with Crippen molar-refractivity contribution in [2.75, 3.05) is 31.2 Å². The molecule has 0 radical (unpaired) electrons. The summed E-state index contributed by atoms with van der Waals surface area (Å²) in [5, 5.41) is 0. The van der Waals surface area contributed by atoms with Gasteiger partial charge in [-0.1, -0.05) is 0 Å². The summed E-state index contributed by atoms with van der Waals surface area (Å²) >= 11 is 0. The lowest BCUT2D eigenvalue weighted by atomic mass is 10.1. The molecular weight excluding hydrogens is 313 g/mol. The minimum atomic E-state index is -4.37. The van der Waals surface area contributed by atoms with Gasteiger partial charge in [0.15, 0.2) is 6.61 Å². The third-order valence-electron chi connectivity index (χ3n) is 4.48. The molecular formula is C15H15F3N2O3. The maximum atomic E-state index is 12.5. The van der Waals surface area contributed by atoms with Crippen LogP contribution in [-0.4, -0.2) is 55.1 Å². The van der Waals surface area contributed by atoms with E-state index in [0.717, 1.165) is 13.0 Å². The first-order valence-electron chi connectivity index (χ1n) is 7.37. The zero-order chi connectivity index (χ0) is 16.2. The van der Waals surface area contributed by atoms with Crippen LogP contribution in [0.25, 0.3) is 0 Å². The predicted octanol–water partition coefficient (Wildman–Crippen LogP) is 2.41. The molecule has 3 heterocycles. The second-order valence-corrected chi connectivity index (χ2v) is 6.25. The fourth-order valence-electron chi connectivity index (χ4n) is 3.29. The number of fused-ring (bicyclic) bond motifs is 1. The molecule has 3 saturated heterocycles. The zero-order valence-electron chi connectivity index (χ0n) is 12.2. The first kappa shape index (κ1) is 14.6. The van der Waals surface area contributed by atoms with E-state index in [2.05, 4.69) is 4.74 Å². The molecule has 0 aliphatic carbocycles. The minimum Gasteiger partial charge on any atom is -0.484 e. The number of carbonyl (C=O) groups is 1. The molecule has 0 N–H and O–H groups in total. The Morgan fingerprint density at radius 1 is 1.30 bits per heavy atom. The second-order valence-electron chi connectivity index (χ2n) is 6.25. The standard InChI is InChI=1S/C15H15F3N2O3/c16-15(17,18)9-22-12-3-1-10(2-4-12)19-6-11-5-14(8-23-14)7-20(11)13(19)21/h1-4,11H,5-9H2. The molecule has 23 heavy (non-hydrogen) atoms. The first-order valence-corrected chi connectivity index (χ1v) is 7.37. The number of nitrogens with zero attached hydrogens (tertiary/aromatic N) is 2. The summed E-state index contributed by atoms with van der Waals surface area (Å²) in [4.78, 5) is 15.9. The maximum Gasteiger partial charge on any atom is 0.422 e. The summed E-state index contributed by atoms with van der Waals surface area (Å²) in [5.41, 5.74) is 0.552. The number of hydrogen-bond acceptors (Lipinski definition) is 3. The van der Waals surface area contributed by atoms with Crippen molar-refractivity contribution in [3.63, 3.8) is 0 Å². The van der Waals surface area contributed by atoms with E-state index in [0.29, 0.717) is 18.8 Å². The van der Waals surface area contributed by atoms with Crippen molar-refractivity contribution >= 4 is 11.7 Å². The molecule has 2 atom stereocenters. The monoisotopic (exact) mass is 328 g/mol. The van der Waals surface area contributed by atoms with Gasteiger partial charge in [-0.2, -0.15) is 13.2 Å². The van der Waals surface area contributed by atoms with Gasteiger partial charge >= 0.3 is 12.2 Å². The van der Waals surface area contributed by atoms with Crippen molar-refractivity contribution < 1.29 is 27.4 Å². The average Bonchev–Trinajstić information content (AvgIpc) is 3.05. The Bertz CT molecular complexity index is 628. The fourth-order valence-corrected chi connectivity index (χ4v) is 3.29. The Kier molecular flexibility index (Phi) is 3.03. The van der Waals surface area contributed by atoms with Crippen LogP contribution in [0.3, 0.4) is 0 Å². The summed E-state index contributed by atoms with van der Waals surface area (Å²) < 4.78 is 46.5. The highest BCUT2D eigenvalue weighted by Crippen LogP contribution is 2.44. The van der Waals surface area contributed by atoms with Crippen LogP contribution in [0.4, 0.5) is 23.7 Å². The number of amides is 2. The third kappa shape index (κ3) is 2.71. The van der Waals surface area contributed by atoms with Crippen LogP contribution >= 0.6 is 0 Å². The van der Waals surface area contributed by atoms with Crippen LogP contribution in [0.15, 0.2) is 24.3 Å². The lowest BCUT2D eigenvalue weighted by molar-refractivity contribution is -0.153. The van der Waals surface area contributed by atoms with E-state index in [9.17, 15) is 18.0 Å². The van der Waals surface area contributed by atoms with Crippen LogP contribution in [0.1, 0.15) is 6.42 Å². The zero-order valence-corrected chi connectivity index (χ0v) is 12.2. The van der Waals surface area contributed by atoms with Crippen LogP contribution in [-0.2, 0) is 4.74 Å². The number of urea groups is 1. The molecule has 124 valence electrons. The SMILES string of the molecule is O=C1N(c2ccc(OCC(F)(F)F)cc2)CC2CC3(CO3)CN12. The quantitative estimate of drug-likeness (QED) is 0.801. The largest absolute Gasteiger partial charge is 0.484 e. The highest BCUT2D eigenvalue weighted by Gasteiger charge is 2.58. The molecule has 3 aliphatic rings. The van der Waals surface area contributed by atoms with Crippen LogP contribution in [0.2, 0.25) is 0 Å². The number of hydrogen-bond donors (Lipinski definition) is 0. The summed E-state index contributed by atoms with van der Waals surface area (Å²) in [6, 6.07) is 6.18. The Morgan fingerprint density at radius 3 is 2.57 bits per heavy atom. The van der Waals surface area contributed by atoms with E-state index in [1.165, 1.54) is 12.1 Å². The van der Waals surface area contributed by atoms with Gasteiger partial charge in [0.2, 0.25) is 0 Å². The van der Waals surface area contributed by atoms with Gasteiger partial charge in [-0.3, -0.25) is 4.90 Å². The second kappa shape index (κ2) is 4.77. The van der Waals surface area contributed by atoms with Crippen molar-refractivity contribution in [2.24, 2.45) is 0 Å². The number of halogens is 3. The Balaban J connectivity index is 1.42. The third-order valence-corrected chi connectivity index (χ3v) is 4.48. The smallest absolute Gasteiger partial charge is 0.422 e. The van der Waals surface area contributed by atoms with E-state index in [1.54, 1.807) is 17.0 Å². The van der Waals surface area contributed by atoms with Gasteiger partial charge < -0.3 is 14.4 Å². The van der Waals surface area contributed by atoms with Gasteiger partial charge in [0.1, 0.15) is 11.4 Å². The highest BCUT2D eigenvalue weighted by atomic mass is 19.4. The topological polar surface area (TPSA) is 45.3 Å². The van der Waals surface area contributed by atoms with E-state index in [-0.39, 0.29) is 23.4 Å². The normalized spacial score (nSPS) is 29.3.